The maximum Gasteiger partial charge on any atom is 0.309 e. The van der Waals surface area contributed by atoms with Gasteiger partial charge < -0.3 is 20.3 Å². The Kier molecular flexibility index (Phi) is 5.29. The number of benzene rings is 1. The lowest BCUT2D eigenvalue weighted by Crippen LogP contribution is -2.17. The van der Waals surface area contributed by atoms with Crippen molar-refractivity contribution in [2.24, 2.45) is 0 Å². The van der Waals surface area contributed by atoms with Crippen molar-refractivity contribution in [3.63, 3.8) is 0 Å². The Hall–Kier alpha value is -1.75. The Morgan fingerprint density at radius 1 is 1.53 bits per heavy atom. The van der Waals surface area contributed by atoms with Gasteiger partial charge in [-0.3, -0.25) is 4.79 Å². The minimum atomic E-state index is -0.645. The summed E-state index contributed by atoms with van der Waals surface area (Å²) >= 11 is 0. The molecule has 0 aliphatic rings. The van der Waals surface area contributed by atoms with Crippen LogP contribution in [0.5, 0.6) is 5.75 Å². The number of anilines is 1. The van der Waals surface area contributed by atoms with Gasteiger partial charge in [0.1, 0.15) is 12.4 Å². The normalized spacial score (nSPS) is 11.9. The number of esters is 1. The molecular weight excluding hydrogens is 222 g/mol. The molecule has 0 amide bonds. The van der Waals surface area contributed by atoms with E-state index in [1.54, 1.807) is 31.2 Å². The maximum atomic E-state index is 11.2. The first kappa shape index (κ1) is 13.3. The Morgan fingerprint density at radius 3 is 2.94 bits per heavy atom. The van der Waals surface area contributed by atoms with Crippen LogP contribution in [0.3, 0.4) is 0 Å². The molecule has 1 atom stereocenters. The van der Waals surface area contributed by atoms with Crippen molar-refractivity contribution in [2.75, 3.05) is 18.9 Å². The molecule has 5 nitrogen and oxygen atoms in total. The Bertz CT molecular complexity index is 365. The highest BCUT2D eigenvalue weighted by atomic mass is 16.5. The summed E-state index contributed by atoms with van der Waals surface area (Å²) in [5.41, 5.74) is 6.18. The van der Waals surface area contributed by atoms with Gasteiger partial charge in [-0.25, -0.2) is 0 Å². The molecule has 0 heterocycles. The van der Waals surface area contributed by atoms with Gasteiger partial charge in [0.2, 0.25) is 0 Å². The van der Waals surface area contributed by atoms with Gasteiger partial charge in [-0.2, -0.15) is 0 Å². The molecule has 0 aliphatic carbocycles. The third-order valence-corrected chi connectivity index (χ3v) is 1.92. The molecule has 5 heteroatoms. The van der Waals surface area contributed by atoms with Gasteiger partial charge in [0, 0.05) is 11.8 Å². The van der Waals surface area contributed by atoms with Crippen LogP contribution >= 0.6 is 0 Å². The largest absolute Gasteiger partial charge is 0.493 e. The Labute approximate surface area is 100 Å². The highest BCUT2D eigenvalue weighted by molar-refractivity contribution is 5.69. The molecule has 1 aromatic rings. The van der Waals surface area contributed by atoms with Crippen molar-refractivity contribution < 1.29 is 19.4 Å². The summed E-state index contributed by atoms with van der Waals surface area (Å²) in [5, 5.41) is 8.91. The van der Waals surface area contributed by atoms with Crippen LogP contribution in [0.2, 0.25) is 0 Å². The van der Waals surface area contributed by atoms with Crippen LogP contribution < -0.4 is 10.5 Å². The quantitative estimate of drug-likeness (QED) is 0.571. The zero-order valence-corrected chi connectivity index (χ0v) is 9.76. The fraction of sp³-hybridized carbons (Fsp3) is 0.417. The highest BCUT2D eigenvalue weighted by Crippen LogP contribution is 2.14. The van der Waals surface area contributed by atoms with Crippen molar-refractivity contribution in [2.45, 2.75) is 19.4 Å². The summed E-state index contributed by atoms with van der Waals surface area (Å²) in [6.07, 6.45) is -0.504. The first-order chi connectivity index (χ1) is 8.08. The summed E-state index contributed by atoms with van der Waals surface area (Å²) in [7, 11) is 0. The zero-order valence-electron chi connectivity index (χ0n) is 9.76. The first-order valence-corrected chi connectivity index (χ1v) is 5.40. The Balaban J connectivity index is 2.21. The molecule has 0 saturated carbocycles. The second kappa shape index (κ2) is 6.75. The summed E-state index contributed by atoms with van der Waals surface area (Å²) in [5.74, 6) is 0.225. The van der Waals surface area contributed by atoms with E-state index in [1.807, 2.05) is 0 Å². The highest BCUT2D eigenvalue weighted by Gasteiger charge is 2.05. The van der Waals surface area contributed by atoms with Gasteiger partial charge in [0.25, 0.3) is 0 Å². The molecule has 0 aromatic heterocycles. The van der Waals surface area contributed by atoms with E-state index in [2.05, 4.69) is 0 Å². The second-order valence-electron chi connectivity index (χ2n) is 3.70. The fourth-order valence-corrected chi connectivity index (χ4v) is 1.14. The summed E-state index contributed by atoms with van der Waals surface area (Å²) < 4.78 is 10.1. The van der Waals surface area contributed by atoms with E-state index in [0.717, 1.165) is 0 Å². The molecular formula is C12H17NO4. The second-order valence-corrected chi connectivity index (χ2v) is 3.70. The van der Waals surface area contributed by atoms with Gasteiger partial charge in [-0.1, -0.05) is 6.07 Å². The third kappa shape index (κ3) is 5.77. The smallest absolute Gasteiger partial charge is 0.309 e. The average Bonchev–Trinajstić information content (AvgIpc) is 2.26. The third-order valence-electron chi connectivity index (χ3n) is 1.92. The molecule has 94 valence electrons. The van der Waals surface area contributed by atoms with Crippen molar-refractivity contribution in [1.82, 2.24) is 0 Å². The van der Waals surface area contributed by atoms with Gasteiger partial charge in [-0.05, 0) is 19.1 Å². The number of nitrogens with two attached hydrogens (primary N) is 1. The van der Waals surface area contributed by atoms with Crippen molar-refractivity contribution in [3.05, 3.63) is 24.3 Å². The van der Waals surface area contributed by atoms with Crippen LogP contribution in [0.4, 0.5) is 5.69 Å². The van der Waals surface area contributed by atoms with Crippen molar-refractivity contribution >= 4 is 11.7 Å². The zero-order chi connectivity index (χ0) is 12.7. The van der Waals surface area contributed by atoms with Crippen LogP contribution in [0.25, 0.3) is 0 Å². The van der Waals surface area contributed by atoms with E-state index in [9.17, 15) is 4.79 Å². The lowest BCUT2D eigenvalue weighted by atomic mass is 10.3. The van der Waals surface area contributed by atoms with Crippen LogP contribution in [-0.4, -0.2) is 30.4 Å². The molecule has 17 heavy (non-hydrogen) atoms. The lowest BCUT2D eigenvalue weighted by molar-refractivity contribution is -0.146. The number of rotatable bonds is 6. The van der Waals surface area contributed by atoms with Gasteiger partial charge >= 0.3 is 5.97 Å². The molecule has 1 aromatic carbocycles. The van der Waals surface area contributed by atoms with Gasteiger partial charge in [0.15, 0.2) is 0 Å². The number of carbonyl (C=O) groups excluding carboxylic acids is 1. The Morgan fingerprint density at radius 2 is 2.29 bits per heavy atom. The fourth-order valence-electron chi connectivity index (χ4n) is 1.14. The number of nitrogen functional groups attached to an aromatic ring is 1. The predicted octanol–water partition coefficient (Wildman–Crippen LogP) is 0.962. The van der Waals surface area contributed by atoms with Crippen LogP contribution in [0.1, 0.15) is 13.3 Å². The van der Waals surface area contributed by atoms with Crippen LogP contribution in [-0.2, 0) is 9.53 Å². The van der Waals surface area contributed by atoms with Crippen molar-refractivity contribution in [3.8, 4) is 5.75 Å². The van der Waals surface area contributed by atoms with E-state index in [0.29, 0.717) is 11.4 Å². The summed E-state index contributed by atoms with van der Waals surface area (Å²) in [6, 6.07) is 6.97. The number of hydrogen-bond donors (Lipinski definition) is 2. The van der Waals surface area contributed by atoms with E-state index in [4.69, 9.17) is 20.3 Å². The molecule has 0 aliphatic heterocycles. The van der Waals surface area contributed by atoms with E-state index in [-0.39, 0.29) is 19.6 Å². The summed E-state index contributed by atoms with van der Waals surface area (Å²) in [4.78, 5) is 11.2. The van der Waals surface area contributed by atoms with Crippen LogP contribution in [0.15, 0.2) is 24.3 Å². The monoisotopic (exact) mass is 239 g/mol. The molecule has 0 bridgehead atoms. The number of hydrogen-bond acceptors (Lipinski definition) is 5. The number of ether oxygens (including phenoxy) is 2. The minimum Gasteiger partial charge on any atom is -0.493 e. The molecule has 0 radical (unpaired) electrons. The van der Waals surface area contributed by atoms with Crippen molar-refractivity contribution in [1.29, 1.82) is 0 Å². The number of aliphatic hydroxyl groups is 1. The van der Waals surface area contributed by atoms with E-state index < -0.39 is 12.1 Å². The molecule has 1 rings (SSSR count). The lowest BCUT2D eigenvalue weighted by Gasteiger charge is -2.08. The molecule has 1 unspecified atom stereocenters. The maximum absolute atomic E-state index is 11.2. The SMILES string of the molecule is CC(O)COC(=O)CCOc1cccc(N)c1. The molecule has 3 N–H and O–H groups in total. The van der Waals surface area contributed by atoms with Crippen LogP contribution in [0, 0.1) is 0 Å². The molecule has 0 spiro atoms. The number of carbonyl (C=O) groups is 1. The standard InChI is InChI=1S/C12H17NO4/c1-9(14)8-17-12(15)5-6-16-11-4-2-3-10(13)7-11/h2-4,7,9,14H,5-6,8,13H2,1H3. The first-order valence-electron chi connectivity index (χ1n) is 5.40. The van der Waals surface area contributed by atoms with E-state index >= 15 is 0 Å². The predicted molar refractivity (Wildman–Crippen MR) is 63.6 cm³/mol. The molecule has 0 saturated heterocycles. The average molecular weight is 239 g/mol. The summed E-state index contributed by atoms with van der Waals surface area (Å²) in [6.45, 7) is 1.79. The number of aliphatic hydroxyl groups excluding tert-OH is 1. The van der Waals surface area contributed by atoms with Gasteiger partial charge in [-0.15, -0.1) is 0 Å². The van der Waals surface area contributed by atoms with Gasteiger partial charge in [0.05, 0.1) is 19.1 Å². The minimum absolute atomic E-state index is 0.0110. The topological polar surface area (TPSA) is 81.8 Å². The van der Waals surface area contributed by atoms with E-state index in [1.165, 1.54) is 0 Å². The molecule has 0 fully saturated rings.